The molecule has 17 heavy (non-hydrogen) atoms. The normalized spacial score (nSPS) is 11.1. The summed E-state index contributed by atoms with van der Waals surface area (Å²) in [6.07, 6.45) is 0. The van der Waals surface area contributed by atoms with Crippen LogP contribution >= 0.6 is 0 Å². The second-order valence-corrected chi connectivity index (χ2v) is 4.84. The van der Waals surface area contributed by atoms with Crippen molar-refractivity contribution >= 4 is 5.69 Å². The van der Waals surface area contributed by atoms with Crippen LogP contribution in [0.2, 0.25) is 0 Å². The van der Waals surface area contributed by atoms with Crippen molar-refractivity contribution in [3.8, 4) is 11.3 Å². The smallest absolute Gasteiger partial charge is 0.116 e. The first-order valence-electron chi connectivity index (χ1n) is 5.92. The quantitative estimate of drug-likeness (QED) is 0.829. The SMILES string of the molecule is Cc1ccc(C(C)C)cc1-c1n[nH]c(C)c1N. The Kier molecular flexibility index (Phi) is 2.92. The Bertz CT molecular complexity index is 538. The third-order valence-corrected chi connectivity index (χ3v) is 3.18. The van der Waals surface area contributed by atoms with Crippen molar-refractivity contribution in [3.05, 3.63) is 35.0 Å². The molecule has 2 aromatic rings. The van der Waals surface area contributed by atoms with Crippen LogP contribution in [0.4, 0.5) is 5.69 Å². The number of hydrogen-bond donors (Lipinski definition) is 2. The Morgan fingerprint density at radius 3 is 2.47 bits per heavy atom. The summed E-state index contributed by atoms with van der Waals surface area (Å²) in [4.78, 5) is 0. The number of rotatable bonds is 2. The van der Waals surface area contributed by atoms with Gasteiger partial charge >= 0.3 is 0 Å². The van der Waals surface area contributed by atoms with E-state index in [1.54, 1.807) is 0 Å². The van der Waals surface area contributed by atoms with Crippen LogP contribution in [0.3, 0.4) is 0 Å². The Balaban J connectivity index is 2.58. The van der Waals surface area contributed by atoms with Gasteiger partial charge in [0.2, 0.25) is 0 Å². The summed E-state index contributed by atoms with van der Waals surface area (Å²) in [6.45, 7) is 8.40. The topological polar surface area (TPSA) is 54.7 Å². The number of nitrogens with one attached hydrogen (secondary N) is 1. The number of aromatic nitrogens is 2. The molecule has 0 fully saturated rings. The van der Waals surface area contributed by atoms with Gasteiger partial charge in [-0.3, -0.25) is 5.10 Å². The number of nitrogens with two attached hydrogens (primary N) is 1. The number of aryl methyl sites for hydroxylation is 2. The predicted octanol–water partition coefficient (Wildman–Crippen LogP) is 3.40. The fourth-order valence-electron chi connectivity index (χ4n) is 1.90. The molecular formula is C14H19N3. The second kappa shape index (κ2) is 4.24. The second-order valence-electron chi connectivity index (χ2n) is 4.84. The van der Waals surface area contributed by atoms with Crippen molar-refractivity contribution in [1.29, 1.82) is 0 Å². The van der Waals surface area contributed by atoms with E-state index in [0.29, 0.717) is 5.92 Å². The molecule has 1 aromatic heterocycles. The van der Waals surface area contributed by atoms with Crippen LogP contribution in [0.5, 0.6) is 0 Å². The minimum absolute atomic E-state index is 0.510. The van der Waals surface area contributed by atoms with E-state index in [2.05, 4.69) is 49.2 Å². The molecule has 90 valence electrons. The number of anilines is 1. The molecule has 0 aliphatic rings. The van der Waals surface area contributed by atoms with Gasteiger partial charge in [-0.1, -0.05) is 26.0 Å². The third kappa shape index (κ3) is 2.05. The maximum Gasteiger partial charge on any atom is 0.116 e. The van der Waals surface area contributed by atoms with Gasteiger partial charge in [-0.05, 0) is 37.0 Å². The lowest BCUT2D eigenvalue weighted by molar-refractivity contribution is 0.866. The highest BCUT2D eigenvalue weighted by atomic mass is 15.1. The summed E-state index contributed by atoms with van der Waals surface area (Å²) in [5.41, 5.74) is 12.2. The molecule has 0 radical (unpaired) electrons. The van der Waals surface area contributed by atoms with Crippen molar-refractivity contribution in [2.45, 2.75) is 33.6 Å². The number of nitrogens with zero attached hydrogens (tertiary/aromatic N) is 1. The number of benzene rings is 1. The van der Waals surface area contributed by atoms with Gasteiger partial charge in [-0.2, -0.15) is 5.10 Å². The fraction of sp³-hybridized carbons (Fsp3) is 0.357. The number of aromatic amines is 1. The lowest BCUT2D eigenvalue weighted by Gasteiger charge is -2.10. The summed E-state index contributed by atoms with van der Waals surface area (Å²) >= 11 is 0. The van der Waals surface area contributed by atoms with Gasteiger partial charge in [-0.25, -0.2) is 0 Å². The van der Waals surface area contributed by atoms with Crippen LogP contribution in [0.15, 0.2) is 18.2 Å². The lowest BCUT2D eigenvalue weighted by Crippen LogP contribution is -1.94. The van der Waals surface area contributed by atoms with Crippen LogP contribution in [-0.4, -0.2) is 10.2 Å². The molecule has 0 saturated carbocycles. The molecule has 1 heterocycles. The van der Waals surface area contributed by atoms with E-state index in [9.17, 15) is 0 Å². The lowest BCUT2D eigenvalue weighted by atomic mass is 9.96. The molecule has 0 aliphatic heterocycles. The zero-order valence-corrected chi connectivity index (χ0v) is 10.8. The van der Waals surface area contributed by atoms with Crippen LogP contribution in [0.1, 0.15) is 36.6 Å². The highest BCUT2D eigenvalue weighted by Gasteiger charge is 2.12. The van der Waals surface area contributed by atoms with Crippen LogP contribution < -0.4 is 5.73 Å². The maximum atomic E-state index is 6.04. The predicted molar refractivity (Wildman–Crippen MR) is 72.0 cm³/mol. The molecule has 3 nitrogen and oxygen atoms in total. The third-order valence-electron chi connectivity index (χ3n) is 3.18. The average Bonchev–Trinajstić information content (AvgIpc) is 2.60. The summed E-state index contributed by atoms with van der Waals surface area (Å²) in [5.74, 6) is 0.510. The standard InChI is InChI=1S/C14H19N3/c1-8(2)11-6-5-9(3)12(7-11)14-13(15)10(4)16-17-14/h5-8H,15H2,1-4H3,(H,16,17). The van der Waals surface area contributed by atoms with E-state index in [1.165, 1.54) is 11.1 Å². The highest BCUT2D eigenvalue weighted by molar-refractivity contribution is 5.76. The summed E-state index contributed by atoms with van der Waals surface area (Å²) < 4.78 is 0. The molecule has 0 spiro atoms. The molecule has 0 bridgehead atoms. The molecule has 0 saturated heterocycles. The number of H-pyrrole nitrogens is 1. The van der Waals surface area contributed by atoms with Crippen LogP contribution in [0.25, 0.3) is 11.3 Å². The molecule has 0 aliphatic carbocycles. The van der Waals surface area contributed by atoms with Crippen LogP contribution in [-0.2, 0) is 0 Å². The van der Waals surface area contributed by atoms with Gasteiger partial charge in [-0.15, -0.1) is 0 Å². The van der Waals surface area contributed by atoms with Gasteiger partial charge < -0.3 is 5.73 Å². The first-order chi connectivity index (χ1) is 8.00. The van der Waals surface area contributed by atoms with Crippen molar-refractivity contribution in [2.75, 3.05) is 5.73 Å². The van der Waals surface area contributed by atoms with Gasteiger partial charge in [0, 0.05) is 5.56 Å². The zero-order chi connectivity index (χ0) is 12.6. The van der Waals surface area contributed by atoms with E-state index in [1.807, 2.05) is 6.92 Å². The fourth-order valence-corrected chi connectivity index (χ4v) is 1.90. The minimum Gasteiger partial charge on any atom is -0.395 e. The van der Waals surface area contributed by atoms with Gasteiger partial charge in [0.05, 0.1) is 11.4 Å². The zero-order valence-electron chi connectivity index (χ0n) is 10.8. The van der Waals surface area contributed by atoms with Crippen molar-refractivity contribution in [2.24, 2.45) is 0 Å². The number of hydrogen-bond acceptors (Lipinski definition) is 2. The van der Waals surface area contributed by atoms with Gasteiger partial charge in [0.25, 0.3) is 0 Å². The first-order valence-corrected chi connectivity index (χ1v) is 5.92. The largest absolute Gasteiger partial charge is 0.395 e. The Morgan fingerprint density at radius 2 is 1.94 bits per heavy atom. The summed E-state index contributed by atoms with van der Waals surface area (Å²) in [7, 11) is 0. The summed E-state index contributed by atoms with van der Waals surface area (Å²) in [5, 5.41) is 7.23. The Labute approximate surface area is 102 Å². The van der Waals surface area contributed by atoms with E-state index < -0.39 is 0 Å². The number of nitrogen functional groups attached to an aromatic ring is 1. The van der Waals surface area contributed by atoms with Crippen molar-refractivity contribution in [1.82, 2.24) is 10.2 Å². The van der Waals surface area contributed by atoms with E-state index in [4.69, 9.17) is 5.73 Å². The van der Waals surface area contributed by atoms with Gasteiger partial charge in [0.1, 0.15) is 5.69 Å². The molecule has 0 amide bonds. The maximum absolute atomic E-state index is 6.04. The van der Waals surface area contributed by atoms with Crippen LogP contribution in [0, 0.1) is 13.8 Å². The Hall–Kier alpha value is -1.77. The molecule has 3 heteroatoms. The monoisotopic (exact) mass is 229 g/mol. The molecule has 2 rings (SSSR count). The highest BCUT2D eigenvalue weighted by Crippen LogP contribution is 2.30. The van der Waals surface area contributed by atoms with E-state index >= 15 is 0 Å². The summed E-state index contributed by atoms with van der Waals surface area (Å²) in [6, 6.07) is 6.49. The average molecular weight is 229 g/mol. The minimum atomic E-state index is 0.510. The van der Waals surface area contributed by atoms with E-state index in [0.717, 1.165) is 22.6 Å². The van der Waals surface area contributed by atoms with Gasteiger partial charge in [0.15, 0.2) is 0 Å². The first kappa shape index (κ1) is 11.7. The Morgan fingerprint density at radius 1 is 1.24 bits per heavy atom. The van der Waals surface area contributed by atoms with Crippen molar-refractivity contribution < 1.29 is 0 Å². The molecular weight excluding hydrogens is 210 g/mol. The molecule has 0 atom stereocenters. The molecule has 1 aromatic carbocycles. The van der Waals surface area contributed by atoms with Crippen molar-refractivity contribution in [3.63, 3.8) is 0 Å². The molecule has 3 N–H and O–H groups in total. The molecule has 0 unspecified atom stereocenters. The van der Waals surface area contributed by atoms with E-state index in [-0.39, 0.29) is 0 Å².